The first-order chi connectivity index (χ1) is 11.9. The molecule has 130 valence electrons. The SMILES string of the molecule is CC(C)c1ccc(-c2nc(C(=O)N(C)Cc3cnn(C)c3)cs2)cc1. The molecule has 1 amide bonds. The molecule has 0 aliphatic carbocycles. The van der Waals surface area contributed by atoms with Crippen LogP contribution in [0.25, 0.3) is 10.6 Å². The van der Waals surface area contributed by atoms with E-state index in [1.807, 2.05) is 18.6 Å². The number of aryl methyl sites for hydroxylation is 1. The minimum atomic E-state index is -0.0786. The van der Waals surface area contributed by atoms with Crippen molar-refractivity contribution in [2.24, 2.45) is 7.05 Å². The fourth-order valence-electron chi connectivity index (χ4n) is 2.61. The summed E-state index contributed by atoms with van der Waals surface area (Å²) < 4.78 is 1.73. The quantitative estimate of drug-likeness (QED) is 0.697. The Hall–Kier alpha value is -2.47. The third-order valence-electron chi connectivity index (χ3n) is 4.07. The number of carbonyl (C=O) groups excluding carboxylic acids is 1. The first-order valence-corrected chi connectivity index (χ1v) is 9.11. The number of rotatable bonds is 5. The number of amides is 1. The van der Waals surface area contributed by atoms with E-state index in [4.69, 9.17) is 0 Å². The molecule has 0 spiro atoms. The van der Waals surface area contributed by atoms with Crippen LogP contribution >= 0.6 is 11.3 Å². The lowest BCUT2D eigenvalue weighted by Gasteiger charge is -2.14. The van der Waals surface area contributed by atoms with Gasteiger partial charge >= 0.3 is 0 Å². The van der Waals surface area contributed by atoms with Crippen molar-refractivity contribution in [1.82, 2.24) is 19.7 Å². The van der Waals surface area contributed by atoms with E-state index in [1.54, 1.807) is 22.8 Å². The summed E-state index contributed by atoms with van der Waals surface area (Å²) in [6.45, 7) is 4.86. The van der Waals surface area contributed by atoms with Gasteiger partial charge in [-0.15, -0.1) is 11.3 Å². The van der Waals surface area contributed by atoms with Crippen LogP contribution in [-0.4, -0.2) is 32.6 Å². The number of benzene rings is 1. The second kappa shape index (κ2) is 7.19. The van der Waals surface area contributed by atoms with Gasteiger partial charge in [-0.2, -0.15) is 5.10 Å². The summed E-state index contributed by atoms with van der Waals surface area (Å²) in [7, 11) is 3.65. The molecule has 6 heteroatoms. The van der Waals surface area contributed by atoms with Crippen molar-refractivity contribution in [3.63, 3.8) is 0 Å². The third kappa shape index (κ3) is 3.96. The lowest BCUT2D eigenvalue weighted by Crippen LogP contribution is -2.26. The predicted octanol–water partition coefficient (Wildman–Crippen LogP) is 3.94. The van der Waals surface area contributed by atoms with E-state index in [-0.39, 0.29) is 5.91 Å². The lowest BCUT2D eigenvalue weighted by atomic mass is 10.0. The van der Waals surface area contributed by atoms with Gasteiger partial charge in [-0.05, 0) is 11.5 Å². The molecule has 0 saturated carbocycles. The van der Waals surface area contributed by atoms with Gasteiger partial charge in [0.15, 0.2) is 0 Å². The standard InChI is InChI=1S/C19H22N4OS/c1-13(2)15-5-7-16(8-6-15)18-21-17(12-25-18)19(24)22(3)10-14-9-20-23(4)11-14/h5-9,11-13H,10H2,1-4H3. The molecule has 0 aliphatic heterocycles. The van der Waals surface area contributed by atoms with Gasteiger partial charge in [0.2, 0.25) is 0 Å². The molecule has 0 N–H and O–H groups in total. The van der Waals surface area contributed by atoms with E-state index >= 15 is 0 Å². The number of hydrogen-bond acceptors (Lipinski definition) is 4. The summed E-state index contributed by atoms with van der Waals surface area (Å²) in [4.78, 5) is 18.8. The van der Waals surface area contributed by atoms with Crippen LogP contribution < -0.4 is 0 Å². The predicted molar refractivity (Wildman–Crippen MR) is 101 cm³/mol. The number of carbonyl (C=O) groups is 1. The molecule has 1 aromatic carbocycles. The van der Waals surface area contributed by atoms with Crippen LogP contribution in [0.2, 0.25) is 0 Å². The Morgan fingerprint density at radius 2 is 2.00 bits per heavy atom. The van der Waals surface area contributed by atoms with E-state index in [9.17, 15) is 4.79 Å². The van der Waals surface area contributed by atoms with Gasteiger partial charge in [0.25, 0.3) is 5.91 Å². The van der Waals surface area contributed by atoms with Crippen LogP contribution in [0, 0.1) is 0 Å². The Balaban J connectivity index is 1.72. The van der Waals surface area contributed by atoms with Gasteiger partial charge in [-0.1, -0.05) is 38.1 Å². The van der Waals surface area contributed by atoms with Gasteiger partial charge < -0.3 is 4.90 Å². The van der Waals surface area contributed by atoms with Crippen molar-refractivity contribution < 1.29 is 4.79 Å². The number of thiazole rings is 1. The maximum Gasteiger partial charge on any atom is 0.273 e. The summed E-state index contributed by atoms with van der Waals surface area (Å²) in [6, 6.07) is 8.39. The highest BCUT2D eigenvalue weighted by atomic mass is 32.1. The summed E-state index contributed by atoms with van der Waals surface area (Å²) in [5, 5.41) is 6.83. The summed E-state index contributed by atoms with van der Waals surface area (Å²) in [6.07, 6.45) is 3.68. The molecule has 3 aromatic rings. The van der Waals surface area contributed by atoms with E-state index in [0.29, 0.717) is 18.2 Å². The summed E-state index contributed by atoms with van der Waals surface area (Å²) in [5.41, 5.74) is 3.83. The first-order valence-electron chi connectivity index (χ1n) is 8.23. The monoisotopic (exact) mass is 354 g/mol. The maximum absolute atomic E-state index is 12.6. The fourth-order valence-corrected chi connectivity index (χ4v) is 3.41. The molecular formula is C19H22N4OS. The number of aromatic nitrogens is 3. The van der Waals surface area contributed by atoms with Crippen LogP contribution in [0.4, 0.5) is 0 Å². The minimum absolute atomic E-state index is 0.0786. The zero-order valence-electron chi connectivity index (χ0n) is 14.9. The second-order valence-electron chi connectivity index (χ2n) is 6.50. The Bertz CT molecular complexity index is 864. The molecule has 25 heavy (non-hydrogen) atoms. The molecular weight excluding hydrogens is 332 g/mol. The largest absolute Gasteiger partial charge is 0.336 e. The molecule has 0 aliphatic rings. The highest BCUT2D eigenvalue weighted by Crippen LogP contribution is 2.26. The Labute approximate surface area is 151 Å². The van der Waals surface area contributed by atoms with Crippen molar-refractivity contribution in [2.75, 3.05) is 7.05 Å². The molecule has 0 atom stereocenters. The molecule has 3 rings (SSSR count). The van der Waals surface area contributed by atoms with Crippen molar-refractivity contribution >= 4 is 17.2 Å². The van der Waals surface area contributed by atoms with Crippen LogP contribution in [0.15, 0.2) is 42.0 Å². The van der Waals surface area contributed by atoms with E-state index in [2.05, 4.69) is 48.2 Å². The molecule has 0 fully saturated rings. The Morgan fingerprint density at radius 1 is 1.28 bits per heavy atom. The lowest BCUT2D eigenvalue weighted by molar-refractivity contribution is 0.0780. The molecule has 0 bridgehead atoms. The third-order valence-corrected chi connectivity index (χ3v) is 4.96. The van der Waals surface area contributed by atoms with Crippen LogP contribution in [0.1, 0.15) is 41.4 Å². The highest BCUT2D eigenvalue weighted by molar-refractivity contribution is 7.13. The van der Waals surface area contributed by atoms with Crippen molar-refractivity contribution in [3.05, 3.63) is 58.9 Å². The van der Waals surface area contributed by atoms with Gasteiger partial charge in [0.05, 0.1) is 6.20 Å². The molecule has 0 unspecified atom stereocenters. The summed E-state index contributed by atoms with van der Waals surface area (Å²) >= 11 is 1.50. The molecule has 2 heterocycles. The van der Waals surface area contributed by atoms with E-state index in [1.165, 1.54) is 16.9 Å². The zero-order chi connectivity index (χ0) is 18.0. The maximum atomic E-state index is 12.6. The summed E-state index contributed by atoms with van der Waals surface area (Å²) in [5.74, 6) is 0.425. The highest BCUT2D eigenvalue weighted by Gasteiger charge is 2.17. The zero-order valence-corrected chi connectivity index (χ0v) is 15.7. The first kappa shape index (κ1) is 17.4. The Kier molecular flexibility index (Phi) is 4.99. The molecule has 0 radical (unpaired) electrons. The molecule has 2 aromatic heterocycles. The van der Waals surface area contributed by atoms with E-state index in [0.717, 1.165) is 16.1 Å². The van der Waals surface area contributed by atoms with E-state index < -0.39 is 0 Å². The van der Waals surface area contributed by atoms with Gasteiger partial charge in [-0.3, -0.25) is 9.48 Å². The van der Waals surface area contributed by atoms with Crippen LogP contribution in [0.3, 0.4) is 0 Å². The van der Waals surface area contributed by atoms with Gasteiger partial charge in [-0.25, -0.2) is 4.98 Å². The molecule has 5 nitrogen and oxygen atoms in total. The van der Waals surface area contributed by atoms with Crippen LogP contribution in [0.5, 0.6) is 0 Å². The molecule has 0 saturated heterocycles. The Morgan fingerprint density at radius 3 is 2.60 bits per heavy atom. The van der Waals surface area contributed by atoms with Crippen molar-refractivity contribution in [1.29, 1.82) is 0 Å². The van der Waals surface area contributed by atoms with Gasteiger partial charge in [0, 0.05) is 43.3 Å². The average Bonchev–Trinajstić information content (AvgIpc) is 3.23. The fraction of sp³-hybridized carbons (Fsp3) is 0.316. The van der Waals surface area contributed by atoms with Crippen LogP contribution in [-0.2, 0) is 13.6 Å². The average molecular weight is 354 g/mol. The second-order valence-corrected chi connectivity index (χ2v) is 7.36. The van der Waals surface area contributed by atoms with Crippen molar-refractivity contribution in [2.45, 2.75) is 26.3 Å². The number of nitrogens with zero attached hydrogens (tertiary/aromatic N) is 4. The normalized spacial score (nSPS) is 11.1. The number of hydrogen-bond donors (Lipinski definition) is 0. The minimum Gasteiger partial charge on any atom is -0.336 e. The topological polar surface area (TPSA) is 51.0 Å². The van der Waals surface area contributed by atoms with Gasteiger partial charge in [0.1, 0.15) is 10.7 Å². The van der Waals surface area contributed by atoms with Crippen molar-refractivity contribution in [3.8, 4) is 10.6 Å². The smallest absolute Gasteiger partial charge is 0.273 e.